The lowest BCUT2D eigenvalue weighted by molar-refractivity contribution is -0.133. The van der Waals surface area contributed by atoms with Crippen LogP contribution in [0.3, 0.4) is 0 Å². The summed E-state index contributed by atoms with van der Waals surface area (Å²) in [4.78, 5) is 24.9. The quantitative estimate of drug-likeness (QED) is 0.788. The highest BCUT2D eigenvalue weighted by atomic mass is 32.2. The Hall–Kier alpha value is -2.47. The Morgan fingerprint density at radius 3 is 2.20 bits per heavy atom. The number of Topliss-reactive ketones (excluding diaryl/α,β-unsaturated/α-hetero) is 1. The van der Waals surface area contributed by atoms with Crippen LogP contribution in [0.5, 0.6) is 0 Å². The van der Waals surface area contributed by atoms with Crippen molar-refractivity contribution in [2.45, 2.75) is 24.7 Å². The van der Waals surface area contributed by atoms with E-state index >= 15 is 0 Å². The zero-order chi connectivity index (χ0) is 18.2. The van der Waals surface area contributed by atoms with Crippen molar-refractivity contribution in [3.8, 4) is 0 Å². The van der Waals surface area contributed by atoms with Crippen molar-refractivity contribution in [2.24, 2.45) is 5.92 Å². The summed E-state index contributed by atoms with van der Waals surface area (Å²) in [6, 6.07) is 15.4. The molecule has 6 heteroatoms. The van der Waals surface area contributed by atoms with Crippen LogP contribution in [0.1, 0.15) is 24.0 Å². The number of ketones is 1. The fourth-order valence-corrected chi connectivity index (χ4v) is 4.65. The van der Waals surface area contributed by atoms with Crippen molar-refractivity contribution in [3.63, 3.8) is 0 Å². The van der Waals surface area contributed by atoms with Gasteiger partial charge in [0.1, 0.15) is 11.7 Å². The van der Waals surface area contributed by atoms with Gasteiger partial charge in [-0.3, -0.25) is 9.59 Å². The van der Waals surface area contributed by atoms with E-state index in [4.69, 9.17) is 0 Å². The number of hydrogen-bond acceptors (Lipinski definition) is 4. The highest BCUT2D eigenvalue weighted by Gasteiger charge is 2.48. The first-order valence-electron chi connectivity index (χ1n) is 8.01. The Kier molecular flexibility index (Phi) is 4.47. The number of nitrogens with zero attached hydrogens (tertiary/aromatic N) is 1. The van der Waals surface area contributed by atoms with Crippen LogP contribution in [-0.4, -0.2) is 31.0 Å². The van der Waals surface area contributed by atoms with Gasteiger partial charge in [0.15, 0.2) is 0 Å². The molecule has 0 spiro atoms. The molecule has 0 bridgehead atoms. The summed E-state index contributed by atoms with van der Waals surface area (Å²) in [6.07, 6.45) is 0. The number of benzene rings is 2. The largest absolute Gasteiger partial charge is 0.299 e. The van der Waals surface area contributed by atoms with E-state index in [1.54, 1.807) is 12.1 Å². The van der Waals surface area contributed by atoms with Gasteiger partial charge in [0, 0.05) is 12.5 Å². The zero-order valence-corrected chi connectivity index (χ0v) is 14.9. The highest BCUT2D eigenvalue weighted by Crippen LogP contribution is 2.37. The van der Waals surface area contributed by atoms with Crippen LogP contribution in [0.2, 0.25) is 0 Å². The third-order valence-corrected chi connectivity index (χ3v) is 6.33. The minimum atomic E-state index is -3.98. The number of carbonyl (C=O) groups is 2. The van der Waals surface area contributed by atoms with E-state index in [0.29, 0.717) is 0 Å². The number of rotatable bonds is 4. The van der Waals surface area contributed by atoms with Crippen LogP contribution in [0.15, 0.2) is 59.5 Å². The molecule has 0 unspecified atom stereocenters. The summed E-state index contributed by atoms with van der Waals surface area (Å²) in [5, 5.41) is 0. The average Bonchev–Trinajstić information content (AvgIpc) is 2.94. The molecule has 3 rings (SSSR count). The Labute approximate surface area is 147 Å². The lowest BCUT2D eigenvalue weighted by atomic mass is 9.86. The summed E-state index contributed by atoms with van der Waals surface area (Å²) in [5.74, 6) is -2.41. The monoisotopic (exact) mass is 357 g/mol. The van der Waals surface area contributed by atoms with Gasteiger partial charge >= 0.3 is 0 Å². The van der Waals surface area contributed by atoms with Gasteiger partial charge in [-0.2, -0.15) is 0 Å². The molecule has 130 valence electrons. The summed E-state index contributed by atoms with van der Waals surface area (Å²) in [7, 11) is -3.98. The van der Waals surface area contributed by atoms with E-state index < -0.39 is 27.8 Å². The van der Waals surface area contributed by atoms with E-state index in [0.717, 1.165) is 15.4 Å². The molecule has 2 aromatic rings. The first-order valence-corrected chi connectivity index (χ1v) is 9.45. The molecule has 0 saturated carbocycles. The molecule has 1 heterocycles. The summed E-state index contributed by atoms with van der Waals surface area (Å²) < 4.78 is 26.6. The van der Waals surface area contributed by atoms with Crippen molar-refractivity contribution < 1.29 is 18.0 Å². The maximum atomic E-state index is 12.9. The Morgan fingerprint density at radius 2 is 1.64 bits per heavy atom. The number of amides is 1. The maximum Gasteiger partial charge on any atom is 0.266 e. The van der Waals surface area contributed by atoms with Crippen LogP contribution in [0.25, 0.3) is 0 Å². The topological polar surface area (TPSA) is 71.5 Å². The minimum absolute atomic E-state index is 0.0245. The molecule has 2 aromatic carbocycles. The van der Waals surface area contributed by atoms with E-state index in [1.807, 2.05) is 37.3 Å². The van der Waals surface area contributed by atoms with Crippen LogP contribution in [0, 0.1) is 12.8 Å². The standard InChI is InChI=1S/C19H19NO4S/c1-13-8-10-16(11-9-13)25(23,24)20-12-17(15-6-4-3-5-7-15)18(14(2)21)19(20)22/h3-11,17-18H,12H2,1-2H3/t17-,18-/m1/s1. The molecule has 1 amide bonds. The van der Waals surface area contributed by atoms with Gasteiger partial charge in [0.25, 0.3) is 10.0 Å². The maximum absolute atomic E-state index is 12.9. The average molecular weight is 357 g/mol. The molecule has 1 saturated heterocycles. The van der Waals surface area contributed by atoms with Crippen molar-refractivity contribution in [1.29, 1.82) is 0 Å². The molecule has 1 aliphatic rings. The van der Waals surface area contributed by atoms with Crippen LogP contribution >= 0.6 is 0 Å². The summed E-state index contributed by atoms with van der Waals surface area (Å²) in [5.41, 5.74) is 1.72. The van der Waals surface area contributed by atoms with Crippen molar-refractivity contribution in [2.75, 3.05) is 6.54 Å². The molecule has 0 radical (unpaired) electrons. The Morgan fingerprint density at radius 1 is 1.04 bits per heavy atom. The molecule has 0 aromatic heterocycles. The lowest BCUT2D eigenvalue weighted by Crippen LogP contribution is -2.35. The van der Waals surface area contributed by atoms with Crippen LogP contribution < -0.4 is 0 Å². The molecular weight excluding hydrogens is 338 g/mol. The SMILES string of the molecule is CC(=O)[C@H]1C(=O)N(S(=O)(=O)c2ccc(C)cc2)C[C@@H]1c1ccccc1. The minimum Gasteiger partial charge on any atom is -0.299 e. The third-order valence-electron chi connectivity index (χ3n) is 4.55. The summed E-state index contributed by atoms with van der Waals surface area (Å²) >= 11 is 0. The lowest BCUT2D eigenvalue weighted by Gasteiger charge is -2.17. The second-order valence-corrected chi connectivity index (χ2v) is 8.16. The fraction of sp³-hybridized carbons (Fsp3) is 0.263. The fourth-order valence-electron chi connectivity index (χ4n) is 3.21. The molecule has 1 aliphatic heterocycles. The van der Waals surface area contributed by atoms with E-state index in [1.165, 1.54) is 19.1 Å². The smallest absolute Gasteiger partial charge is 0.266 e. The second kappa shape index (κ2) is 6.44. The predicted molar refractivity (Wildman–Crippen MR) is 93.4 cm³/mol. The first-order chi connectivity index (χ1) is 11.8. The Balaban J connectivity index is 2.02. The molecule has 1 fully saturated rings. The number of sulfonamides is 1. The van der Waals surface area contributed by atoms with Gasteiger partial charge in [0.2, 0.25) is 5.91 Å². The van der Waals surface area contributed by atoms with Crippen molar-refractivity contribution in [3.05, 3.63) is 65.7 Å². The van der Waals surface area contributed by atoms with E-state index in [2.05, 4.69) is 0 Å². The number of aryl methyl sites for hydroxylation is 1. The zero-order valence-electron chi connectivity index (χ0n) is 14.0. The number of carbonyl (C=O) groups excluding carboxylic acids is 2. The van der Waals surface area contributed by atoms with Gasteiger partial charge in [-0.05, 0) is 31.5 Å². The van der Waals surface area contributed by atoms with Gasteiger partial charge in [-0.25, -0.2) is 12.7 Å². The van der Waals surface area contributed by atoms with E-state index in [9.17, 15) is 18.0 Å². The molecule has 5 nitrogen and oxygen atoms in total. The normalized spacial score (nSPS) is 20.7. The van der Waals surface area contributed by atoms with Gasteiger partial charge in [-0.1, -0.05) is 48.0 Å². The third kappa shape index (κ3) is 3.09. The van der Waals surface area contributed by atoms with Gasteiger partial charge in [0.05, 0.1) is 4.90 Å². The molecule has 0 aliphatic carbocycles. The van der Waals surface area contributed by atoms with Gasteiger partial charge in [-0.15, -0.1) is 0 Å². The van der Waals surface area contributed by atoms with Crippen LogP contribution in [-0.2, 0) is 19.6 Å². The van der Waals surface area contributed by atoms with E-state index in [-0.39, 0.29) is 17.2 Å². The molecule has 25 heavy (non-hydrogen) atoms. The Bertz CT molecular complexity index is 904. The summed E-state index contributed by atoms with van der Waals surface area (Å²) in [6.45, 7) is 3.17. The predicted octanol–water partition coefficient (Wildman–Crippen LogP) is 2.51. The highest BCUT2D eigenvalue weighted by molar-refractivity contribution is 7.89. The molecule has 2 atom stereocenters. The number of hydrogen-bond donors (Lipinski definition) is 0. The first kappa shape index (κ1) is 17.4. The van der Waals surface area contributed by atoms with Crippen molar-refractivity contribution in [1.82, 2.24) is 4.31 Å². The second-order valence-electron chi connectivity index (χ2n) is 6.29. The molecular formula is C19H19NO4S. The van der Waals surface area contributed by atoms with Gasteiger partial charge < -0.3 is 0 Å². The van der Waals surface area contributed by atoms with Crippen molar-refractivity contribution >= 4 is 21.7 Å². The molecule has 0 N–H and O–H groups in total. The van der Waals surface area contributed by atoms with Crippen LogP contribution in [0.4, 0.5) is 0 Å².